The predicted octanol–water partition coefficient (Wildman–Crippen LogP) is 1.05. The van der Waals surface area contributed by atoms with Crippen LogP contribution < -0.4 is 10.6 Å². The monoisotopic (exact) mass is 159 g/mol. The van der Waals surface area contributed by atoms with Gasteiger partial charge in [-0.05, 0) is 43.0 Å². The molecule has 0 radical (unpaired) electrons. The Morgan fingerprint density at radius 2 is 1.92 bits per heavy atom. The number of nitrogens with zero attached hydrogens (tertiary/aromatic N) is 1. The molecule has 0 amide bonds. The van der Waals surface area contributed by atoms with Crippen LogP contribution in [-0.2, 0) is 0 Å². The number of hydrogen-bond acceptors (Lipinski definition) is 1. The molecule has 1 aliphatic carbocycles. The Balaban J connectivity index is 2.88. The van der Waals surface area contributed by atoms with Crippen molar-refractivity contribution in [2.45, 2.75) is 26.7 Å². The first kappa shape index (κ1) is 7.53. The normalized spacial score (nSPS) is 14.5. The lowest BCUT2D eigenvalue weighted by molar-refractivity contribution is 1.05. The quantitative estimate of drug-likeness (QED) is 0.551. The largest absolute Gasteiger partial charge is 0.256 e. The van der Waals surface area contributed by atoms with Gasteiger partial charge in [0.2, 0.25) is 0 Å². The van der Waals surface area contributed by atoms with Crippen LogP contribution in [-0.4, -0.2) is 4.98 Å². The SMILES string of the molecule is Cc1cnc2c(c1C)=CCCC=2. The molecule has 1 aromatic heterocycles. The van der Waals surface area contributed by atoms with E-state index in [1.54, 1.807) is 0 Å². The molecule has 2 rings (SSSR count). The van der Waals surface area contributed by atoms with Crippen LogP contribution in [0.5, 0.6) is 0 Å². The van der Waals surface area contributed by atoms with Crippen LogP contribution in [0.2, 0.25) is 0 Å². The summed E-state index contributed by atoms with van der Waals surface area (Å²) in [6.07, 6.45) is 8.79. The van der Waals surface area contributed by atoms with Gasteiger partial charge in [-0.25, -0.2) is 0 Å². The zero-order valence-corrected chi connectivity index (χ0v) is 7.59. The van der Waals surface area contributed by atoms with Crippen molar-refractivity contribution in [3.63, 3.8) is 0 Å². The Kier molecular flexibility index (Phi) is 1.72. The van der Waals surface area contributed by atoms with Gasteiger partial charge in [-0.1, -0.05) is 12.2 Å². The van der Waals surface area contributed by atoms with E-state index >= 15 is 0 Å². The van der Waals surface area contributed by atoms with Crippen molar-refractivity contribution < 1.29 is 0 Å². The van der Waals surface area contributed by atoms with E-state index in [1.165, 1.54) is 28.1 Å². The second-order valence-corrected chi connectivity index (χ2v) is 3.35. The average Bonchev–Trinajstić information content (AvgIpc) is 2.12. The van der Waals surface area contributed by atoms with Crippen molar-refractivity contribution in [2.75, 3.05) is 0 Å². The molecule has 1 aromatic rings. The smallest absolute Gasteiger partial charge is 0.0661 e. The summed E-state index contributed by atoms with van der Waals surface area (Å²) >= 11 is 0. The number of fused-ring (bicyclic) bond motifs is 1. The van der Waals surface area contributed by atoms with E-state index in [1.807, 2.05) is 6.20 Å². The molecule has 1 heteroatoms. The van der Waals surface area contributed by atoms with E-state index in [-0.39, 0.29) is 0 Å². The second kappa shape index (κ2) is 2.74. The van der Waals surface area contributed by atoms with E-state index in [0.29, 0.717) is 0 Å². The zero-order chi connectivity index (χ0) is 8.55. The van der Waals surface area contributed by atoms with Crippen LogP contribution in [0.3, 0.4) is 0 Å². The highest BCUT2D eigenvalue weighted by molar-refractivity contribution is 5.40. The van der Waals surface area contributed by atoms with Gasteiger partial charge in [0, 0.05) is 6.20 Å². The highest BCUT2D eigenvalue weighted by Gasteiger charge is 1.99. The summed E-state index contributed by atoms with van der Waals surface area (Å²) in [5.74, 6) is 0. The molecule has 1 nitrogen and oxygen atoms in total. The molecule has 1 aliphatic rings. The standard InChI is InChI=1S/C11H13N/c1-8-7-12-11-6-4-3-5-10(11)9(8)2/h5-7H,3-4H2,1-2H3. The van der Waals surface area contributed by atoms with Crippen LogP contribution in [0.25, 0.3) is 12.2 Å². The van der Waals surface area contributed by atoms with Gasteiger partial charge < -0.3 is 0 Å². The first-order valence-electron chi connectivity index (χ1n) is 4.41. The molecular weight excluding hydrogens is 146 g/mol. The fourth-order valence-electron chi connectivity index (χ4n) is 1.61. The maximum absolute atomic E-state index is 4.39. The van der Waals surface area contributed by atoms with E-state index in [2.05, 4.69) is 31.0 Å². The van der Waals surface area contributed by atoms with Gasteiger partial charge in [0.15, 0.2) is 0 Å². The Morgan fingerprint density at radius 3 is 2.75 bits per heavy atom. The third-order valence-corrected chi connectivity index (χ3v) is 2.52. The lowest BCUT2D eigenvalue weighted by Gasteiger charge is -2.04. The molecule has 0 saturated carbocycles. The highest BCUT2D eigenvalue weighted by Crippen LogP contribution is 1.99. The number of aromatic nitrogens is 1. The van der Waals surface area contributed by atoms with E-state index in [0.717, 1.165) is 6.42 Å². The topological polar surface area (TPSA) is 12.9 Å². The van der Waals surface area contributed by atoms with Crippen molar-refractivity contribution >= 4 is 12.2 Å². The maximum atomic E-state index is 4.39. The van der Waals surface area contributed by atoms with Crippen LogP contribution in [0, 0.1) is 13.8 Å². The molecule has 0 atom stereocenters. The second-order valence-electron chi connectivity index (χ2n) is 3.35. The van der Waals surface area contributed by atoms with Crippen LogP contribution in [0.15, 0.2) is 6.20 Å². The van der Waals surface area contributed by atoms with E-state index < -0.39 is 0 Å². The number of pyridine rings is 1. The summed E-state index contributed by atoms with van der Waals surface area (Å²) in [7, 11) is 0. The van der Waals surface area contributed by atoms with Gasteiger partial charge in [0.25, 0.3) is 0 Å². The van der Waals surface area contributed by atoms with Crippen molar-refractivity contribution in [1.29, 1.82) is 0 Å². The van der Waals surface area contributed by atoms with E-state index in [4.69, 9.17) is 0 Å². The van der Waals surface area contributed by atoms with Gasteiger partial charge in [-0.2, -0.15) is 0 Å². The van der Waals surface area contributed by atoms with E-state index in [9.17, 15) is 0 Å². The lowest BCUT2D eigenvalue weighted by atomic mass is 10.1. The Labute approximate surface area is 72.5 Å². The number of hydrogen-bond donors (Lipinski definition) is 0. The third-order valence-electron chi connectivity index (χ3n) is 2.52. The Hall–Kier alpha value is -1.11. The number of aryl methyl sites for hydroxylation is 1. The van der Waals surface area contributed by atoms with Crippen molar-refractivity contribution in [3.05, 3.63) is 27.9 Å². The van der Waals surface area contributed by atoms with Crippen LogP contribution in [0.1, 0.15) is 24.0 Å². The molecule has 0 fully saturated rings. The van der Waals surface area contributed by atoms with Gasteiger partial charge in [0.05, 0.1) is 5.35 Å². The minimum absolute atomic E-state index is 1.14. The average molecular weight is 159 g/mol. The molecule has 0 bridgehead atoms. The summed E-state index contributed by atoms with van der Waals surface area (Å²) in [4.78, 5) is 4.39. The molecule has 0 aliphatic heterocycles. The first-order chi connectivity index (χ1) is 5.79. The minimum atomic E-state index is 1.14. The fourth-order valence-corrected chi connectivity index (χ4v) is 1.61. The molecule has 0 spiro atoms. The highest BCUT2D eigenvalue weighted by atomic mass is 14.6. The zero-order valence-electron chi connectivity index (χ0n) is 7.59. The predicted molar refractivity (Wildman–Crippen MR) is 51.1 cm³/mol. The first-order valence-corrected chi connectivity index (χ1v) is 4.41. The van der Waals surface area contributed by atoms with Crippen molar-refractivity contribution in [1.82, 2.24) is 4.98 Å². The summed E-state index contributed by atoms with van der Waals surface area (Å²) in [6, 6.07) is 0. The Bertz CT molecular complexity index is 415. The summed E-state index contributed by atoms with van der Waals surface area (Å²) < 4.78 is 0. The fraction of sp³-hybridized carbons (Fsp3) is 0.364. The van der Waals surface area contributed by atoms with Crippen LogP contribution >= 0.6 is 0 Å². The lowest BCUT2D eigenvalue weighted by Crippen LogP contribution is -2.32. The van der Waals surface area contributed by atoms with Gasteiger partial charge in [-0.15, -0.1) is 0 Å². The molecule has 12 heavy (non-hydrogen) atoms. The van der Waals surface area contributed by atoms with Gasteiger partial charge >= 0.3 is 0 Å². The third kappa shape index (κ3) is 1.06. The molecule has 0 N–H and O–H groups in total. The van der Waals surface area contributed by atoms with Gasteiger partial charge in [0.1, 0.15) is 0 Å². The minimum Gasteiger partial charge on any atom is -0.256 e. The molecule has 62 valence electrons. The number of rotatable bonds is 0. The summed E-state index contributed by atoms with van der Waals surface area (Å²) in [6.45, 7) is 4.29. The summed E-state index contributed by atoms with van der Waals surface area (Å²) in [5, 5.41) is 2.52. The summed E-state index contributed by atoms with van der Waals surface area (Å²) in [5.41, 5.74) is 2.68. The molecule has 0 aromatic carbocycles. The maximum Gasteiger partial charge on any atom is 0.0661 e. The van der Waals surface area contributed by atoms with Crippen LogP contribution in [0.4, 0.5) is 0 Å². The van der Waals surface area contributed by atoms with Crippen molar-refractivity contribution in [3.8, 4) is 0 Å². The van der Waals surface area contributed by atoms with Gasteiger partial charge in [-0.3, -0.25) is 4.98 Å². The Morgan fingerprint density at radius 1 is 1.17 bits per heavy atom. The molecule has 0 unspecified atom stereocenters. The molecule has 0 saturated heterocycles. The molecule has 1 heterocycles. The molecular formula is C11H13N. The van der Waals surface area contributed by atoms with Crippen molar-refractivity contribution in [2.24, 2.45) is 0 Å².